The van der Waals surface area contributed by atoms with Crippen molar-refractivity contribution < 1.29 is 4.39 Å². The Balaban J connectivity index is 1.69. The predicted octanol–water partition coefficient (Wildman–Crippen LogP) is 2.46. The van der Waals surface area contributed by atoms with E-state index in [1.165, 1.54) is 29.4 Å². The summed E-state index contributed by atoms with van der Waals surface area (Å²) in [5, 5.41) is 3.25. The molecular formula is C19H15FN8O. The summed E-state index contributed by atoms with van der Waals surface area (Å²) in [4.78, 5) is 33.2. The van der Waals surface area contributed by atoms with Crippen LogP contribution in [-0.4, -0.2) is 33.9 Å². The van der Waals surface area contributed by atoms with Crippen molar-refractivity contribution >= 4 is 22.6 Å². The molecule has 0 amide bonds. The number of anilines is 1. The second kappa shape index (κ2) is 6.51. The van der Waals surface area contributed by atoms with Crippen molar-refractivity contribution in [2.75, 3.05) is 5.32 Å². The van der Waals surface area contributed by atoms with Gasteiger partial charge in [-0.25, -0.2) is 33.7 Å². The van der Waals surface area contributed by atoms with Crippen LogP contribution in [0.3, 0.4) is 0 Å². The Labute approximate surface area is 162 Å². The van der Waals surface area contributed by atoms with Crippen LogP contribution in [0.1, 0.15) is 18.8 Å². The summed E-state index contributed by atoms with van der Waals surface area (Å²) >= 11 is 0. The highest BCUT2D eigenvalue weighted by molar-refractivity contribution is 5.82. The third-order valence-electron chi connectivity index (χ3n) is 4.63. The largest absolute Gasteiger partial charge is 0.358 e. The van der Waals surface area contributed by atoms with Crippen LogP contribution in [0.15, 0.2) is 59.9 Å². The Morgan fingerprint density at radius 3 is 2.76 bits per heavy atom. The van der Waals surface area contributed by atoms with Crippen LogP contribution < -0.4 is 11.0 Å². The molecule has 9 nitrogen and oxygen atoms in total. The number of rotatable bonds is 4. The maximum atomic E-state index is 14.2. The van der Waals surface area contributed by atoms with Crippen LogP contribution in [0, 0.1) is 5.95 Å². The minimum absolute atomic E-state index is 0.234. The minimum atomic E-state index is -0.663. The SMILES string of the molecule is CC(Nc1ncnc2nc[nH]c12)c1nc2ccc(F)n2c(=O)n1-c1ccccc1. The Bertz CT molecular complexity index is 1390. The molecule has 1 aromatic carbocycles. The maximum Gasteiger partial charge on any atom is 0.342 e. The number of nitrogens with one attached hydrogen (secondary N) is 2. The molecule has 4 aromatic heterocycles. The molecule has 0 radical (unpaired) electrons. The molecule has 0 aliphatic heterocycles. The number of H-pyrrole nitrogens is 1. The molecular weight excluding hydrogens is 375 g/mol. The summed E-state index contributed by atoms with van der Waals surface area (Å²) in [6.45, 7) is 1.85. The lowest BCUT2D eigenvalue weighted by atomic mass is 10.2. The number of fused-ring (bicyclic) bond motifs is 2. The van der Waals surface area contributed by atoms with Crippen LogP contribution >= 0.6 is 0 Å². The highest BCUT2D eigenvalue weighted by Crippen LogP contribution is 2.22. The number of nitrogens with zero attached hydrogens (tertiary/aromatic N) is 6. The molecule has 1 unspecified atom stereocenters. The molecule has 10 heteroatoms. The molecule has 29 heavy (non-hydrogen) atoms. The zero-order chi connectivity index (χ0) is 20.0. The van der Waals surface area contributed by atoms with Crippen molar-refractivity contribution in [3.05, 3.63) is 77.4 Å². The molecule has 144 valence electrons. The van der Waals surface area contributed by atoms with Gasteiger partial charge in [0.05, 0.1) is 18.1 Å². The average Bonchev–Trinajstić information content (AvgIpc) is 3.36. The molecule has 1 atom stereocenters. The Morgan fingerprint density at radius 1 is 1.10 bits per heavy atom. The van der Waals surface area contributed by atoms with E-state index in [1.807, 2.05) is 13.0 Å². The number of aromatic nitrogens is 7. The van der Waals surface area contributed by atoms with Crippen molar-refractivity contribution in [3.63, 3.8) is 0 Å². The first kappa shape index (κ1) is 17.0. The highest BCUT2D eigenvalue weighted by Gasteiger charge is 2.21. The van der Waals surface area contributed by atoms with E-state index in [-0.39, 0.29) is 5.65 Å². The summed E-state index contributed by atoms with van der Waals surface area (Å²) in [5.74, 6) is 0.276. The van der Waals surface area contributed by atoms with Crippen molar-refractivity contribution in [1.29, 1.82) is 0 Å². The van der Waals surface area contributed by atoms with Gasteiger partial charge in [-0.1, -0.05) is 18.2 Å². The lowest BCUT2D eigenvalue weighted by molar-refractivity contribution is 0.551. The van der Waals surface area contributed by atoms with Gasteiger partial charge >= 0.3 is 5.69 Å². The average molecular weight is 390 g/mol. The fourth-order valence-corrected chi connectivity index (χ4v) is 3.30. The van der Waals surface area contributed by atoms with E-state index in [0.717, 1.165) is 4.40 Å². The van der Waals surface area contributed by atoms with Crippen LogP contribution in [0.4, 0.5) is 10.2 Å². The second-order valence-electron chi connectivity index (χ2n) is 6.46. The van der Waals surface area contributed by atoms with Crippen molar-refractivity contribution in [2.45, 2.75) is 13.0 Å². The molecule has 0 spiro atoms. The quantitative estimate of drug-likeness (QED) is 0.488. The van der Waals surface area contributed by atoms with E-state index in [9.17, 15) is 9.18 Å². The van der Waals surface area contributed by atoms with Crippen LogP contribution in [-0.2, 0) is 0 Å². The smallest absolute Gasteiger partial charge is 0.342 e. The van der Waals surface area contributed by atoms with Gasteiger partial charge < -0.3 is 10.3 Å². The third-order valence-corrected chi connectivity index (χ3v) is 4.63. The van der Waals surface area contributed by atoms with Crippen LogP contribution in [0.2, 0.25) is 0 Å². The summed E-state index contributed by atoms with van der Waals surface area (Å²) < 4.78 is 16.5. The summed E-state index contributed by atoms with van der Waals surface area (Å²) in [7, 11) is 0. The van der Waals surface area contributed by atoms with E-state index in [0.29, 0.717) is 28.5 Å². The van der Waals surface area contributed by atoms with Gasteiger partial charge in [0.2, 0.25) is 5.95 Å². The van der Waals surface area contributed by atoms with Gasteiger partial charge in [0, 0.05) is 0 Å². The molecule has 0 bridgehead atoms. The Hall–Kier alpha value is -4.08. The zero-order valence-corrected chi connectivity index (χ0v) is 15.2. The van der Waals surface area contributed by atoms with Gasteiger partial charge in [0.1, 0.15) is 23.3 Å². The molecule has 0 saturated carbocycles. The molecule has 0 fully saturated rings. The van der Waals surface area contributed by atoms with Crippen molar-refractivity contribution in [2.24, 2.45) is 0 Å². The van der Waals surface area contributed by atoms with Gasteiger partial charge in [0.15, 0.2) is 11.5 Å². The van der Waals surface area contributed by atoms with Gasteiger partial charge in [-0.2, -0.15) is 4.39 Å². The number of imidazole rings is 1. The van der Waals surface area contributed by atoms with E-state index >= 15 is 0 Å². The van der Waals surface area contributed by atoms with Crippen molar-refractivity contribution in [1.82, 2.24) is 33.9 Å². The molecule has 0 aliphatic rings. The van der Waals surface area contributed by atoms with E-state index in [2.05, 4.69) is 30.2 Å². The highest BCUT2D eigenvalue weighted by atomic mass is 19.1. The van der Waals surface area contributed by atoms with E-state index in [4.69, 9.17) is 0 Å². The number of hydrogen-bond donors (Lipinski definition) is 2. The molecule has 0 aliphatic carbocycles. The normalized spacial score (nSPS) is 12.5. The zero-order valence-electron chi connectivity index (χ0n) is 15.2. The van der Waals surface area contributed by atoms with Gasteiger partial charge in [-0.15, -0.1) is 0 Å². The first-order valence-electron chi connectivity index (χ1n) is 8.89. The Morgan fingerprint density at radius 2 is 1.93 bits per heavy atom. The lowest BCUT2D eigenvalue weighted by Gasteiger charge is -2.19. The summed E-state index contributed by atoms with van der Waals surface area (Å²) in [6, 6.07) is 11.2. The molecule has 2 N–H and O–H groups in total. The van der Waals surface area contributed by atoms with Gasteiger partial charge in [-0.3, -0.25) is 0 Å². The number of para-hydroxylation sites is 1. The first-order valence-corrected chi connectivity index (χ1v) is 8.89. The third kappa shape index (κ3) is 2.73. The number of halogens is 1. The summed E-state index contributed by atoms with van der Waals surface area (Å²) in [6.07, 6.45) is 2.93. The second-order valence-corrected chi connectivity index (χ2v) is 6.46. The molecule has 0 saturated heterocycles. The topological polar surface area (TPSA) is 106 Å². The van der Waals surface area contributed by atoms with Crippen molar-refractivity contribution in [3.8, 4) is 5.69 Å². The molecule has 5 rings (SSSR count). The minimum Gasteiger partial charge on any atom is -0.358 e. The molecule has 4 heterocycles. The van der Waals surface area contributed by atoms with Gasteiger partial charge in [0.25, 0.3) is 0 Å². The number of hydrogen-bond acceptors (Lipinski definition) is 6. The predicted molar refractivity (Wildman–Crippen MR) is 104 cm³/mol. The van der Waals surface area contributed by atoms with Gasteiger partial charge in [-0.05, 0) is 31.2 Å². The number of aromatic amines is 1. The van der Waals surface area contributed by atoms with E-state index < -0.39 is 17.7 Å². The molecule has 5 aromatic rings. The van der Waals surface area contributed by atoms with Crippen LogP contribution in [0.25, 0.3) is 22.5 Å². The Kier molecular flexibility index (Phi) is 3.83. The lowest BCUT2D eigenvalue weighted by Crippen LogP contribution is -2.32. The van der Waals surface area contributed by atoms with Crippen LogP contribution in [0.5, 0.6) is 0 Å². The fourth-order valence-electron chi connectivity index (χ4n) is 3.30. The number of benzene rings is 1. The fraction of sp³-hybridized carbons (Fsp3) is 0.105. The maximum absolute atomic E-state index is 14.2. The summed E-state index contributed by atoms with van der Waals surface area (Å²) in [5.41, 5.74) is 1.44. The standard InChI is InChI=1S/C19H15FN8O/c1-11(25-17-15-16(22-9-21-15)23-10-24-17)18-26-14-8-7-13(20)28(14)19(29)27(18)12-5-3-2-4-6-12/h2-11H,1H3,(H2,21,22,23,24,25). The first-order chi connectivity index (χ1) is 14.1. The van der Waals surface area contributed by atoms with E-state index in [1.54, 1.807) is 24.3 Å². The monoisotopic (exact) mass is 390 g/mol.